The van der Waals surface area contributed by atoms with Crippen molar-refractivity contribution in [1.82, 2.24) is 0 Å². The molecule has 0 saturated heterocycles. The van der Waals surface area contributed by atoms with Gasteiger partial charge in [-0.2, -0.15) is 0 Å². The standard InChI is InChI=1S/Ba.ClH2O3P.2H/c;1-5(2,3)4;;/h;(H2,2,3,4);;. The van der Waals surface area contributed by atoms with Gasteiger partial charge in [0.05, 0.1) is 0 Å². The van der Waals surface area contributed by atoms with Crippen LogP contribution in [-0.2, 0) is 4.57 Å². The monoisotopic (exact) mass is 256 g/mol. The van der Waals surface area contributed by atoms with Gasteiger partial charge in [0, 0.05) is 11.2 Å². The van der Waals surface area contributed by atoms with Crippen LogP contribution in [0.3, 0.4) is 0 Å². The predicted octanol–water partition coefficient (Wildman–Crippen LogP) is -0.598. The fraction of sp³-hybridized carbons (Fsp3) is 0. The van der Waals surface area contributed by atoms with Gasteiger partial charge in [-0.05, 0) is 0 Å². The molecule has 0 fully saturated rings. The second kappa shape index (κ2) is 3.95. The van der Waals surface area contributed by atoms with Crippen LogP contribution in [0.25, 0.3) is 0 Å². The number of hydrogen-bond acceptors (Lipinski definition) is 1. The van der Waals surface area contributed by atoms with Crippen molar-refractivity contribution in [2.75, 3.05) is 0 Å². The first kappa shape index (κ1) is 10.9. The predicted molar refractivity (Wildman–Crippen MR) is 26.4 cm³/mol. The Morgan fingerprint density at radius 3 is 1.50 bits per heavy atom. The van der Waals surface area contributed by atoms with Crippen molar-refractivity contribution in [3.05, 3.63) is 0 Å². The first-order chi connectivity index (χ1) is 2.00. The molecule has 0 aromatic rings. The van der Waals surface area contributed by atoms with Gasteiger partial charge >= 0.3 is 55.8 Å². The van der Waals surface area contributed by atoms with Gasteiger partial charge in [-0.1, -0.05) is 0 Å². The average molecular weight is 256 g/mol. The Morgan fingerprint density at radius 2 is 1.50 bits per heavy atom. The van der Waals surface area contributed by atoms with E-state index in [-0.39, 0.29) is 48.9 Å². The fourth-order valence-electron chi connectivity index (χ4n) is 0. The zero-order chi connectivity index (χ0) is 4.50. The second-order valence-corrected chi connectivity index (χ2v) is 2.74. The van der Waals surface area contributed by atoms with Crippen LogP contribution < -0.4 is 0 Å². The van der Waals surface area contributed by atoms with E-state index in [4.69, 9.17) is 14.4 Å². The van der Waals surface area contributed by atoms with E-state index in [2.05, 4.69) is 11.2 Å². The van der Waals surface area contributed by atoms with E-state index in [9.17, 15) is 0 Å². The summed E-state index contributed by atoms with van der Waals surface area (Å²) in [5, 5.41) is 0. The summed E-state index contributed by atoms with van der Waals surface area (Å²) in [5.74, 6) is 0. The van der Waals surface area contributed by atoms with Crippen LogP contribution in [0.2, 0.25) is 0 Å². The van der Waals surface area contributed by atoms with Crippen molar-refractivity contribution in [3.63, 3.8) is 0 Å². The summed E-state index contributed by atoms with van der Waals surface area (Å²) < 4.78 is 9.09. The van der Waals surface area contributed by atoms with Crippen molar-refractivity contribution >= 4 is 67.1 Å². The van der Waals surface area contributed by atoms with Gasteiger partial charge in [-0.15, -0.1) is 0 Å². The molecule has 0 spiro atoms. The summed E-state index contributed by atoms with van der Waals surface area (Å²) in [6, 6.07) is 0. The zero-order valence-electron chi connectivity index (χ0n) is 2.13. The number of halogens is 1. The Balaban J connectivity index is 0. The third kappa shape index (κ3) is 37.3. The molecule has 0 aliphatic carbocycles. The first-order valence-corrected chi connectivity index (χ1v) is 3.27. The molecular formula is H4BaClO3P. The molecule has 0 atom stereocenters. The maximum absolute atomic E-state index is 9.09. The van der Waals surface area contributed by atoms with Gasteiger partial charge in [0.15, 0.2) is 0 Å². The summed E-state index contributed by atoms with van der Waals surface area (Å²) >= 11 is 4.20. The topological polar surface area (TPSA) is 57.5 Å². The van der Waals surface area contributed by atoms with Crippen LogP contribution in [0.5, 0.6) is 0 Å². The molecule has 6 heavy (non-hydrogen) atoms. The van der Waals surface area contributed by atoms with Crippen LogP contribution >= 0.6 is 18.2 Å². The molecule has 0 unspecified atom stereocenters. The van der Waals surface area contributed by atoms with E-state index < -0.39 is 6.95 Å². The summed E-state index contributed by atoms with van der Waals surface area (Å²) in [7, 11) is 0. The normalized spacial score (nSPS) is 9.83. The quantitative estimate of drug-likeness (QED) is 0.449. The van der Waals surface area contributed by atoms with Gasteiger partial charge in [0.2, 0.25) is 0 Å². The maximum atomic E-state index is 9.09. The van der Waals surface area contributed by atoms with Crippen molar-refractivity contribution < 1.29 is 14.4 Å². The van der Waals surface area contributed by atoms with E-state index in [1.165, 1.54) is 0 Å². The first-order valence-electron chi connectivity index (χ1n) is 0.752. The van der Waals surface area contributed by atoms with Gasteiger partial charge in [0.1, 0.15) is 0 Å². The molecule has 0 saturated carbocycles. The molecule has 0 aliphatic heterocycles. The Labute approximate surface area is 80.1 Å². The molecule has 36 valence electrons. The molecule has 6 heteroatoms. The van der Waals surface area contributed by atoms with Gasteiger partial charge in [-0.25, -0.2) is 4.57 Å². The van der Waals surface area contributed by atoms with Crippen LogP contribution in [-0.4, -0.2) is 58.7 Å². The van der Waals surface area contributed by atoms with E-state index in [1.54, 1.807) is 0 Å². The molecule has 0 aromatic carbocycles. The van der Waals surface area contributed by atoms with Gasteiger partial charge in [0.25, 0.3) is 0 Å². The molecule has 0 aliphatic rings. The van der Waals surface area contributed by atoms with Crippen LogP contribution in [0.15, 0.2) is 0 Å². The van der Waals surface area contributed by atoms with Crippen LogP contribution in [0, 0.1) is 0 Å². The molecule has 0 rings (SSSR count). The Morgan fingerprint density at radius 1 is 1.50 bits per heavy atom. The summed E-state index contributed by atoms with van der Waals surface area (Å²) in [5.41, 5.74) is 0. The third-order valence-electron chi connectivity index (χ3n) is 0. The zero-order valence-corrected chi connectivity index (χ0v) is 3.78. The van der Waals surface area contributed by atoms with Crippen molar-refractivity contribution in [3.8, 4) is 0 Å². The Bertz CT molecular complexity index is 56.9. The Hall–Kier alpha value is 2.01. The molecule has 0 radical (unpaired) electrons. The molecule has 0 heterocycles. The van der Waals surface area contributed by atoms with Crippen LogP contribution in [0.4, 0.5) is 0 Å². The SMILES string of the molecule is O=P(O)(O)Cl.[BaH2]. The van der Waals surface area contributed by atoms with E-state index >= 15 is 0 Å². The van der Waals surface area contributed by atoms with Crippen molar-refractivity contribution in [2.24, 2.45) is 0 Å². The molecule has 0 aromatic heterocycles. The van der Waals surface area contributed by atoms with Gasteiger partial charge in [-0.3, -0.25) is 0 Å². The molecular weight excluding hydrogens is 252 g/mol. The van der Waals surface area contributed by atoms with E-state index in [0.29, 0.717) is 0 Å². The average Bonchev–Trinajstić information content (AvgIpc) is 0.722. The second-order valence-electron chi connectivity index (χ2n) is 0.473. The summed E-state index contributed by atoms with van der Waals surface area (Å²) in [6.07, 6.45) is 0. The molecule has 3 nitrogen and oxygen atoms in total. The minimum absolute atomic E-state index is 0. The van der Waals surface area contributed by atoms with Crippen molar-refractivity contribution in [2.45, 2.75) is 0 Å². The Kier molecular flexibility index (Phi) is 7.17. The fourth-order valence-corrected chi connectivity index (χ4v) is 0. The number of rotatable bonds is 0. The number of hydrogen-bond donors (Lipinski definition) is 2. The molecule has 0 bridgehead atoms. The summed E-state index contributed by atoms with van der Waals surface area (Å²) in [4.78, 5) is 14.8. The van der Waals surface area contributed by atoms with Gasteiger partial charge < -0.3 is 9.79 Å². The minimum atomic E-state index is -4.17. The summed E-state index contributed by atoms with van der Waals surface area (Å²) in [6.45, 7) is -4.17. The van der Waals surface area contributed by atoms with Crippen LogP contribution in [0.1, 0.15) is 0 Å². The van der Waals surface area contributed by atoms with Crippen molar-refractivity contribution in [1.29, 1.82) is 0 Å². The van der Waals surface area contributed by atoms with E-state index in [0.717, 1.165) is 0 Å². The molecule has 0 amide bonds. The molecule has 2 N–H and O–H groups in total. The third-order valence-corrected chi connectivity index (χ3v) is 0. The van der Waals surface area contributed by atoms with E-state index in [1.807, 2.05) is 0 Å².